The average molecular weight is 201 g/mol. The molecule has 15 heavy (non-hydrogen) atoms. The number of nitrogens with two attached hydrogens (primary N) is 1. The lowest BCUT2D eigenvalue weighted by atomic mass is 9.71. The van der Waals surface area contributed by atoms with Crippen LogP contribution in [0.4, 0.5) is 0 Å². The van der Waals surface area contributed by atoms with Crippen molar-refractivity contribution in [2.45, 2.75) is 50.0 Å². The molecule has 0 saturated heterocycles. The Morgan fingerprint density at radius 3 is 2.47 bits per heavy atom. The highest BCUT2D eigenvalue weighted by molar-refractivity contribution is 5.33. The second-order valence-corrected chi connectivity index (χ2v) is 5.26. The molecule has 1 heteroatoms. The van der Waals surface area contributed by atoms with Crippen molar-refractivity contribution >= 4 is 0 Å². The fourth-order valence-electron chi connectivity index (χ4n) is 2.69. The Kier molecular flexibility index (Phi) is 2.10. The minimum atomic E-state index is 0.0136. The lowest BCUT2D eigenvalue weighted by Crippen LogP contribution is -2.43. The first-order chi connectivity index (χ1) is 7.28. The third-order valence-electron chi connectivity index (χ3n) is 4.28. The van der Waals surface area contributed by atoms with Crippen molar-refractivity contribution in [3.63, 3.8) is 0 Å². The second kappa shape index (κ2) is 3.34. The van der Waals surface area contributed by atoms with Crippen molar-refractivity contribution < 1.29 is 0 Å². The van der Waals surface area contributed by atoms with Crippen molar-refractivity contribution in [1.82, 2.24) is 0 Å². The summed E-state index contributed by atoms with van der Waals surface area (Å²) in [6, 6.07) is 9.04. The van der Waals surface area contributed by atoms with Gasteiger partial charge in [-0.05, 0) is 49.1 Å². The van der Waals surface area contributed by atoms with Crippen LogP contribution in [0, 0.1) is 0 Å². The molecule has 0 unspecified atom stereocenters. The van der Waals surface area contributed by atoms with Gasteiger partial charge in [0.25, 0.3) is 0 Å². The lowest BCUT2D eigenvalue weighted by molar-refractivity contribution is 0.253. The Balaban J connectivity index is 1.88. The molecule has 1 nitrogen and oxygen atoms in total. The van der Waals surface area contributed by atoms with Crippen LogP contribution in [0.3, 0.4) is 0 Å². The largest absolute Gasteiger partial charge is 0.321 e. The van der Waals surface area contributed by atoms with E-state index in [1.807, 2.05) is 0 Å². The highest BCUT2D eigenvalue weighted by Crippen LogP contribution is 2.41. The van der Waals surface area contributed by atoms with Crippen molar-refractivity contribution in [3.8, 4) is 0 Å². The van der Waals surface area contributed by atoms with Crippen LogP contribution in [0.15, 0.2) is 24.3 Å². The van der Waals surface area contributed by atoms with Crippen LogP contribution in [0.2, 0.25) is 0 Å². The molecule has 0 radical (unpaired) electrons. The van der Waals surface area contributed by atoms with Crippen molar-refractivity contribution in [3.05, 3.63) is 35.4 Å². The Labute approximate surface area is 91.7 Å². The van der Waals surface area contributed by atoms with Crippen LogP contribution in [0.1, 0.15) is 55.6 Å². The van der Waals surface area contributed by atoms with Gasteiger partial charge in [-0.15, -0.1) is 0 Å². The lowest BCUT2D eigenvalue weighted by Gasteiger charge is -2.39. The normalized spacial score (nSPS) is 24.3. The van der Waals surface area contributed by atoms with E-state index in [2.05, 4.69) is 24.3 Å². The Morgan fingerprint density at radius 1 is 1.13 bits per heavy atom. The Morgan fingerprint density at radius 2 is 1.93 bits per heavy atom. The highest BCUT2D eigenvalue weighted by atomic mass is 14.8. The molecule has 2 aliphatic rings. The van der Waals surface area contributed by atoms with E-state index in [0.717, 1.165) is 5.92 Å². The molecule has 0 bridgehead atoms. The predicted octanol–water partition coefficient (Wildman–Crippen LogP) is 3.29. The molecule has 80 valence electrons. The first kappa shape index (κ1) is 9.41. The summed E-state index contributed by atoms with van der Waals surface area (Å²) < 4.78 is 0. The fourth-order valence-corrected chi connectivity index (χ4v) is 2.69. The van der Waals surface area contributed by atoms with Gasteiger partial charge in [0.15, 0.2) is 0 Å². The zero-order valence-corrected chi connectivity index (χ0v) is 9.21. The van der Waals surface area contributed by atoms with E-state index in [-0.39, 0.29) is 5.54 Å². The van der Waals surface area contributed by atoms with E-state index in [1.165, 1.54) is 49.7 Å². The van der Waals surface area contributed by atoms with Gasteiger partial charge in [-0.1, -0.05) is 30.7 Å². The molecule has 1 aromatic carbocycles. The summed E-state index contributed by atoms with van der Waals surface area (Å²) in [4.78, 5) is 0. The number of rotatable bonds is 2. The molecule has 0 atom stereocenters. The smallest absolute Gasteiger partial charge is 0.0409 e. The van der Waals surface area contributed by atoms with Gasteiger partial charge in [-0.2, -0.15) is 0 Å². The summed E-state index contributed by atoms with van der Waals surface area (Å²) >= 11 is 0. The quantitative estimate of drug-likeness (QED) is 0.780. The van der Waals surface area contributed by atoms with Crippen LogP contribution >= 0.6 is 0 Å². The van der Waals surface area contributed by atoms with E-state index in [1.54, 1.807) is 0 Å². The summed E-state index contributed by atoms with van der Waals surface area (Å²) in [6.45, 7) is 0. The molecule has 2 fully saturated rings. The molecule has 0 spiro atoms. The van der Waals surface area contributed by atoms with Gasteiger partial charge in [0.2, 0.25) is 0 Å². The Hall–Kier alpha value is -0.820. The van der Waals surface area contributed by atoms with E-state index in [9.17, 15) is 0 Å². The standard InChI is InChI=1S/C14H19N/c15-14(8-3-9-14)13-7-2-6-12(10-13)11-4-1-5-11/h2,6-7,10-11H,1,3-5,8-9,15H2. The summed E-state index contributed by atoms with van der Waals surface area (Å²) in [5.74, 6) is 0.827. The van der Waals surface area contributed by atoms with Crippen LogP contribution in [-0.4, -0.2) is 0 Å². The monoisotopic (exact) mass is 201 g/mol. The van der Waals surface area contributed by atoms with E-state index in [0.29, 0.717) is 0 Å². The zero-order chi connectivity index (χ0) is 10.3. The fraction of sp³-hybridized carbons (Fsp3) is 0.571. The van der Waals surface area contributed by atoms with E-state index >= 15 is 0 Å². The van der Waals surface area contributed by atoms with E-state index < -0.39 is 0 Å². The molecular formula is C14H19N. The SMILES string of the molecule is NC1(c2cccc(C3CCC3)c2)CCC1. The average Bonchev–Trinajstić information content (AvgIpc) is 2.12. The maximum absolute atomic E-state index is 6.35. The first-order valence-electron chi connectivity index (χ1n) is 6.17. The molecule has 2 N–H and O–H groups in total. The maximum Gasteiger partial charge on any atom is 0.0409 e. The molecule has 0 heterocycles. The third kappa shape index (κ3) is 1.50. The van der Waals surface area contributed by atoms with Crippen molar-refractivity contribution in [2.24, 2.45) is 5.73 Å². The third-order valence-corrected chi connectivity index (χ3v) is 4.28. The molecule has 2 aliphatic carbocycles. The summed E-state index contributed by atoms with van der Waals surface area (Å²) in [6.07, 6.45) is 7.79. The molecule has 3 rings (SSSR count). The summed E-state index contributed by atoms with van der Waals surface area (Å²) in [5, 5.41) is 0. The first-order valence-corrected chi connectivity index (χ1v) is 6.17. The number of benzene rings is 1. The molecular weight excluding hydrogens is 182 g/mol. The summed E-state index contributed by atoms with van der Waals surface area (Å²) in [7, 11) is 0. The van der Waals surface area contributed by atoms with Gasteiger partial charge in [0, 0.05) is 5.54 Å². The van der Waals surface area contributed by atoms with Gasteiger partial charge in [-0.3, -0.25) is 0 Å². The minimum Gasteiger partial charge on any atom is -0.321 e. The summed E-state index contributed by atoms with van der Waals surface area (Å²) in [5.41, 5.74) is 9.26. The van der Waals surface area contributed by atoms with Crippen LogP contribution in [0.5, 0.6) is 0 Å². The van der Waals surface area contributed by atoms with Gasteiger partial charge < -0.3 is 5.73 Å². The predicted molar refractivity (Wildman–Crippen MR) is 62.8 cm³/mol. The minimum absolute atomic E-state index is 0.0136. The number of hydrogen-bond donors (Lipinski definition) is 1. The maximum atomic E-state index is 6.35. The number of hydrogen-bond acceptors (Lipinski definition) is 1. The van der Waals surface area contributed by atoms with Gasteiger partial charge in [-0.25, -0.2) is 0 Å². The highest BCUT2D eigenvalue weighted by Gasteiger charge is 2.34. The Bertz CT molecular complexity index is 361. The molecule has 0 amide bonds. The molecule has 0 aliphatic heterocycles. The van der Waals surface area contributed by atoms with Crippen LogP contribution in [0.25, 0.3) is 0 Å². The van der Waals surface area contributed by atoms with Crippen LogP contribution < -0.4 is 5.73 Å². The second-order valence-electron chi connectivity index (χ2n) is 5.26. The van der Waals surface area contributed by atoms with Crippen molar-refractivity contribution in [1.29, 1.82) is 0 Å². The zero-order valence-electron chi connectivity index (χ0n) is 9.21. The molecule has 2 saturated carbocycles. The van der Waals surface area contributed by atoms with Crippen LogP contribution in [-0.2, 0) is 5.54 Å². The molecule has 1 aromatic rings. The van der Waals surface area contributed by atoms with Gasteiger partial charge >= 0.3 is 0 Å². The topological polar surface area (TPSA) is 26.0 Å². The van der Waals surface area contributed by atoms with Gasteiger partial charge in [0.1, 0.15) is 0 Å². The molecule has 0 aromatic heterocycles. The van der Waals surface area contributed by atoms with Crippen molar-refractivity contribution in [2.75, 3.05) is 0 Å². The van der Waals surface area contributed by atoms with Gasteiger partial charge in [0.05, 0.1) is 0 Å². The van der Waals surface area contributed by atoms with E-state index in [4.69, 9.17) is 5.73 Å².